The average molecular weight is 397 g/mol. The van der Waals surface area contributed by atoms with Gasteiger partial charge in [0, 0.05) is 17.3 Å². The molecule has 1 aliphatic rings. The molecule has 1 aromatic rings. The van der Waals surface area contributed by atoms with Gasteiger partial charge in [0.15, 0.2) is 0 Å². The Bertz CT molecular complexity index is 642. The van der Waals surface area contributed by atoms with Crippen molar-refractivity contribution in [1.29, 1.82) is 0 Å². The molecule has 1 atom stereocenters. The van der Waals surface area contributed by atoms with Crippen LogP contribution in [-0.4, -0.2) is 43.8 Å². The van der Waals surface area contributed by atoms with E-state index in [1.165, 1.54) is 4.90 Å². The van der Waals surface area contributed by atoms with Crippen molar-refractivity contribution < 1.29 is 19.1 Å². The molecule has 0 radical (unpaired) electrons. The Hall–Kier alpha value is -1.86. The normalized spacial score (nSPS) is 17.8. The Kier molecular flexibility index (Phi) is 6.39. The lowest BCUT2D eigenvalue weighted by atomic mass is 9.95. The number of carbonyl (C=O) groups is 2. The zero-order valence-electron chi connectivity index (χ0n) is 14.0. The van der Waals surface area contributed by atoms with Crippen molar-refractivity contribution in [2.24, 2.45) is 0 Å². The summed E-state index contributed by atoms with van der Waals surface area (Å²) in [5.41, 5.74) is 1.84. The highest BCUT2D eigenvalue weighted by Gasteiger charge is 2.36. The van der Waals surface area contributed by atoms with Crippen molar-refractivity contribution >= 4 is 27.9 Å². The minimum absolute atomic E-state index is 0.259. The Morgan fingerprint density at radius 3 is 2.58 bits per heavy atom. The van der Waals surface area contributed by atoms with Gasteiger partial charge in [0.2, 0.25) is 0 Å². The smallest absolute Gasteiger partial charge is 0.338 e. The molecular formula is C17H21BrN2O4. The van der Waals surface area contributed by atoms with E-state index in [2.05, 4.69) is 21.2 Å². The Balaban J connectivity index is 2.45. The highest BCUT2D eigenvalue weighted by Crippen LogP contribution is 2.31. The number of amides is 2. The molecule has 2 rings (SSSR count). The number of nitrogens with one attached hydrogen (secondary N) is 1. The number of hydrogen-bond acceptors (Lipinski definition) is 4. The monoisotopic (exact) mass is 396 g/mol. The van der Waals surface area contributed by atoms with Gasteiger partial charge in [0.1, 0.15) is 0 Å². The SMILES string of the molecule is CCOC(=O)C1=C(C)N(CCOC)C(=O)NC1c1ccc(Br)cc1. The van der Waals surface area contributed by atoms with Crippen LogP contribution in [0.1, 0.15) is 25.5 Å². The lowest BCUT2D eigenvalue weighted by Crippen LogP contribution is -2.49. The van der Waals surface area contributed by atoms with E-state index < -0.39 is 12.0 Å². The second-order valence-corrected chi connectivity index (χ2v) is 6.21. The molecule has 0 aromatic heterocycles. The fourth-order valence-corrected chi connectivity index (χ4v) is 2.88. The van der Waals surface area contributed by atoms with Gasteiger partial charge in [-0.2, -0.15) is 0 Å². The number of carbonyl (C=O) groups excluding carboxylic acids is 2. The van der Waals surface area contributed by atoms with Gasteiger partial charge in [-0.15, -0.1) is 0 Å². The lowest BCUT2D eigenvalue weighted by molar-refractivity contribution is -0.139. The van der Waals surface area contributed by atoms with Crippen LogP contribution >= 0.6 is 15.9 Å². The molecule has 0 bridgehead atoms. The fourth-order valence-electron chi connectivity index (χ4n) is 2.61. The number of methoxy groups -OCH3 is 1. The van der Waals surface area contributed by atoms with Crippen molar-refractivity contribution in [3.63, 3.8) is 0 Å². The topological polar surface area (TPSA) is 67.9 Å². The van der Waals surface area contributed by atoms with E-state index in [9.17, 15) is 9.59 Å². The third kappa shape index (κ3) is 3.96. The molecular weight excluding hydrogens is 376 g/mol. The summed E-state index contributed by atoms with van der Waals surface area (Å²) in [6.07, 6.45) is 0. The molecule has 1 N–H and O–H groups in total. The molecule has 0 fully saturated rings. The zero-order valence-corrected chi connectivity index (χ0v) is 15.6. The number of urea groups is 1. The molecule has 1 unspecified atom stereocenters. The summed E-state index contributed by atoms with van der Waals surface area (Å²) in [5.74, 6) is -0.426. The maximum absolute atomic E-state index is 12.5. The van der Waals surface area contributed by atoms with E-state index in [0.717, 1.165) is 10.0 Å². The molecule has 1 aromatic carbocycles. The molecule has 6 nitrogen and oxygen atoms in total. The van der Waals surface area contributed by atoms with Gasteiger partial charge in [-0.1, -0.05) is 28.1 Å². The molecule has 24 heavy (non-hydrogen) atoms. The third-order valence-electron chi connectivity index (χ3n) is 3.81. The van der Waals surface area contributed by atoms with Gasteiger partial charge < -0.3 is 14.8 Å². The number of hydrogen-bond donors (Lipinski definition) is 1. The van der Waals surface area contributed by atoms with Gasteiger partial charge in [-0.05, 0) is 31.5 Å². The number of halogens is 1. The molecule has 0 saturated carbocycles. The first-order chi connectivity index (χ1) is 11.5. The zero-order chi connectivity index (χ0) is 17.7. The molecule has 1 heterocycles. The van der Waals surface area contributed by atoms with Gasteiger partial charge in [0.05, 0.1) is 31.4 Å². The molecule has 130 valence electrons. The summed E-state index contributed by atoms with van der Waals surface area (Å²) in [6.45, 7) is 4.53. The van der Waals surface area contributed by atoms with E-state index in [-0.39, 0.29) is 12.6 Å². The summed E-state index contributed by atoms with van der Waals surface area (Å²) in [4.78, 5) is 26.4. The quantitative estimate of drug-likeness (QED) is 0.750. The van der Waals surface area contributed by atoms with E-state index in [1.54, 1.807) is 21.0 Å². The number of nitrogens with zero attached hydrogens (tertiary/aromatic N) is 1. The lowest BCUT2D eigenvalue weighted by Gasteiger charge is -2.35. The van der Waals surface area contributed by atoms with E-state index in [4.69, 9.17) is 9.47 Å². The predicted octanol–water partition coefficient (Wildman–Crippen LogP) is 3.00. The number of ether oxygens (including phenoxy) is 2. The van der Waals surface area contributed by atoms with Crippen molar-refractivity contribution in [2.45, 2.75) is 19.9 Å². The summed E-state index contributed by atoms with van der Waals surface area (Å²) in [6, 6.07) is 6.68. The van der Waals surface area contributed by atoms with Crippen LogP contribution in [0.15, 0.2) is 40.0 Å². The summed E-state index contributed by atoms with van der Waals surface area (Å²) in [7, 11) is 1.57. The second-order valence-electron chi connectivity index (χ2n) is 5.30. The Morgan fingerprint density at radius 2 is 2.00 bits per heavy atom. The predicted molar refractivity (Wildman–Crippen MR) is 93.3 cm³/mol. The fraction of sp³-hybridized carbons (Fsp3) is 0.412. The number of esters is 1. The summed E-state index contributed by atoms with van der Waals surface area (Å²) < 4.78 is 11.2. The second kappa shape index (κ2) is 8.30. The molecule has 0 spiro atoms. The molecule has 7 heteroatoms. The van der Waals surface area contributed by atoms with Gasteiger partial charge in [-0.3, -0.25) is 4.90 Å². The number of benzene rings is 1. The third-order valence-corrected chi connectivity index (χ3v) is 4.34. The first-order valence-corrected chi connectivity index (χ1v) is 8.49. The van der Waals surface area contributed by atoms with Gasteiger partial charge in [0.25, 0.3) is 0 Å². The maximum Gasteiger partial charge on any atom is 0.338 e. The van der Waals surface area contributed by atoms with Crippen LogP contribution in [0, 0.1) is 0 Å². The van der Waals surface area contributed by atoms with Crippen molar-refractivity contribution in [3.05, 3.63) is 45.6 Å². The minimum Gasteiger partial charge on any atom is -0.463 e. The van der Waals surface area contributed by atoms with Gasteiger partial charge in [-0.25, -0.2) is 9.59 Å². The average Bonchev–Trinajstić information content (AvgIpc) is 2.55. The van der Waals surface area contributed by atoms with Crippen LogP contribution in [0.3, 0.4) is 0 Å². The van der Waals surface area contributed by atoms with Crippen LogP contribution < -0.4 is 5.32 Å². The minimum atomic E-state index is -0.538. The summed E-state index contributed by atoms with van der Waals surface area (Å²) >= 11 is 3.39. The molecule has 2 amide bonds. The number of allylic oxidation sites excluding steroid dienone is 1. The Morgan fingerprint density at radius 1 is 1.33 bits per heavy atom. The summed E-state index contributed by atoms with van der Waals surface area (Å²) in [5, 5.41) is 2.89. The van der Waals surface area contributed by atoms with Crippen LogP contribution in [0.2, 0.25) is 0 Å². The van der Waals surface area contributed by atoms with Gasteiger partial charge >= 0.3 is 12.0 Å². The first-order valence-electron chi connectivity index (χ1n) is 7.69. The highest BCUT2D eigenvalue weighted by molar-refractivity contribution is 9.10. The largest absolute Gasteiger partial charge is 0.463 e. The van der Waals surface area contributed by atoms with Crippen LogP contribution in [0.4, 0.5) is 4.79 Å². The molecule has 1 aliphatic heterocycles. The van der Waals surface area contributed by atoms with Crippen molar-refractivity contribution in [2.75, 3.05) is 26.9 Å². The maximum atomic E-state index is 12.5. The molecule has 0 aliphatic carbocycles. The van der Waals surface area contributed by atoms with Crippen molar-refractivity contribution in [1.82, 2.24) is 10.2 Å². The van der Waals surface area contributed by atoms with E-state index >= 15 is 0 Å². The first kappa shape index (κ1) is 18.5. The van der Waals surface area contributed by atoms with Crippen molar-refractivity contribution in [3.8, 4) is 0 Å². The van der Waals surface area contributed by atoms with Crippen LogP contribution in [0.25, 0.3) is 0 Å². The Labute approximate surface area is 149 Å². The van der Waals surface area contributed by atoms with Crippen LogP contribution in [0.5, 0.6) is 0 Å². The highest BCUT2D eigenvalue weighted by atomic mass is 79.9. The number of rotatable bonds is 6. The molecule has 0 saturated heterocycles. The van der Waals surface area contributed by atoms with E-state index in [1.807, 2.05) is 24.3 Å². The van der Waals surface area contributed by atoms with Crippen LogP contribution in [-0.2, 0) is 14.3 Å². The van der Waals surface area contributed by atoms with E-state index in [0.29, 0.717) is 24.4 Å². The standard InChI is InChI=1S/C17H21BrN2O4/c1-4-24-16(21)14-11(2)20(9-10-23-3)17(22)19-15(14)12-5-7-13(18)8-6-12/h5-8,15H,4,9-10H2,1-3H3,(H,19,22).